The number of amides is 1. The van der Waals surface area contributed by atoms with E-state index in [-0.39, 0.29) is 5.91 Å². The molecule has 96 valence electrons. The van der Waals surface area contributed by atoms with Gasteiger partial charge in [-0.15, -0.1) is 0 Å². The van der Waals surface area contributed by atoms with E-state index in [4.69, 9.17) is 11.0 Å². The van der Waals surface area contributed by atoms with Crippen LogP contribution >= 0.6 is 0 Å². The van der Waals surface area contributed by atoms with Crippen LogP contribution in [0.2, 0.25) is 0 Å². The molecule has 1 aromatic carbocycles. The molecule has 1 aromatic rings. The number of rotatable bonds is 4. The van der Waals surface area contributed by atoms with Crippen LogP contribution in [-0.4, -0.2) is 19.5 Å². The van der Waals surface area contributed by atoms with Crippen LogP contribution in [0.5, 0.6) is 0 Å². The molecular weight excluding hydrogens is 226 g/mol. The number of nitrogens with zero attached hydrogens (tertiary/aromatic N) is 2. The first-order valence-corrected chi connectivity index (χ1v) is 5.91. The molecular formula is C14H19N3O. The van der Waals surface area contributed by atoms with Crippen LogP contribution in [0, 0.1) is 16.7 Å². The Hall–Kier alpha value is -1.86. The van der Waals surface area contributed by atoms with Crippen molar-refractivity contribution in [1.82, 2.24) is 0 Å². The van der Waals surface area contributed by atoms with E-state index in [0.29, 0.717) is 24.2 Å². The third-order valence-electron chi connectivity index (χ3n) is 3.04. The molecule has 0 saturated heterocycles. The maximum absolute atomic E-state index is 12.4. The van der Waals surface area contributed by atoms with Crippen LogP contribution < -0.4 is 10.6 Å². The normalized spacial score (nSPS) is 10.8. The van der Waals surface area contributed by atoms with Crippen molar-refractivity contribution in [3.8, 4) is 6.07 Å². The van der Waals surface area contributed by atoms with E-state index in [1.807, 2.05) is 19.9 Å². The Labute approximate surface area is 108 Å². The molecule has 0 fully saturated rings. The monoisotopic (exact) mass is 245 g/mol. The summed E-state index contributed by atoms with van der Waals surface area (Å²) in [5, 5.41) is 9.05. The van der Waals surface area contributed by atoms with Gasteiger partial charge in [0, 0.05) is 12.5 Å². The Morgan fingerprint density at radius 2 is 2.06 bits per heavy atom. The minimum Gasteiger partial charge on any atom is -0.330 e. The molecule has 0 atom stereocenters. The van der Waals surface area contributed by atoms with Crippen molar-refractivity contribution in [3.63, 3.8) is 0 Å². The van der Waals surface area contributed by atoms with Gasteiger partial charge in [-0.2, -0.15) is 5.26 Å². The molecule has 0 aliphatic heterocycles. The van der Waals surface area contributed by atoms with Crippen molar-refractivity contribution >= 4 is 11.6 Å². The lowest BCUT2D eigenvalue weighted by Crippen LogP contribution is -2.40. The van der Waals surface area contributed by atoms with Crippen LogP contribution in [0.3, 0.4) is 0 Å². The van der Waals surface area contributed by atoms with Crippen LogP contribution in [0.25, 0.3) is 0 Å². The van der Waals surface area contributed by atoms with Crippen molar-refractivity contribution in [2.75, 3.05) is 18.5 Å². The SMILES string of the molecule is CN(C(=O)C(C)(C)CCN)c1ccccc1C#N. The molecule has 1 amide bonds. The number of carbonyl (C=O) groups excluding carboxylic acids is 1. The fourth-order valence-corrected chi connectivity index (χ4v) is 1.89. The van der Waals surface area contributed by atoms with Crippen LogP contribution in [0.1, 0.15) is 25.8 Å². The van der Waals surface area contributed by atoms with E-state index < -0.39 is 5.41 Å². The van der Waals surface area contributed by atoms with Gasteiger partial charge in [0.15, 0.2) is 0 Å². The van der Waals surface area contributed by atoms with Crippen molar-refractivity contribution in [2.24, 2.45) is 11.1 Å². The zero-order valence-electron chi connectivity index (χ0n) is 11.1. The first kappa shape index (κ1) is 14.2. The standard InChI is InChI=1S/C14H19N3O/c1-14(2,8-9-15)13(18)17(3)12-7-5-4-6-11(12)10-16/h4-7H,8-9,15H2,1-3H3. The second-order valence-corrected chi connectivity index (χ2v) is 4.92. The quantitative estimate of drug-likeness (QED) is 0.880. The van der Waals surface area contributed by atoms with E-state index in [1.54, 1.807) is 25.2 Å². The van der Waals surface area contributed by atoms with Gasteiger partial charge in [0.25, 0.3) is 0 Å². The van der Waals surface area contributed by atoms with Gasteiger partial charge < -0.3 is 10.6 Å². The Morgan fingerprint density at radius 3 is 2.61 bits per heavy atom. The molecule has 0 heterocycles. The number of hydrogen-bond donors (Lipinski definition) is 1. The molecule has 0 saturated carbocycles. The first-order chi connectivity index (χ1) is 8.44. The highest BCUT2D eigenvalue weighted by molar-refractivity contribution is 5.97. The zero-order chi connectivity index (χ0) is 13.8. The molecule has 0 radical (unpaired) electrons. The Balaban J connectivity index is 3.04. The van der Waals surface area contributed by atoms with Gasteiger partial charge in [-0.25, -0.2) is 0 Å². The number of hydrogen-bond acceptors (Lipinski definition) is 3. The maximum Gasteiger partial charge on any atom is 0.232 e. The van der Waals surface area contributed by atoms with E-state index >= 15 is 0 Å². The van der Waals surface area contributed by atoms with E-state index in [1.165, 1.54) is 4.90 Å². The lowest BCUT2D eigenvalue weighted by Gasteiger charge is -2.29. The van der Waals surface area contributed by atoms with Gasteiger partial charge in [0.2, 0.25) is 5.91 Å². The summed E-state index contributed by atoms with van der Waals surface area (Å²) in [4.78, 5) is 13.9. The predicted octanol–water partition coefficient (Wildman–Crippen LogP) is 1.90. The fourth-order valence-electron chi connectivity index (χ4n) is 1.89. The van der Waals surface area contributed by atoms with Crippen molar-refractivity contribution in [3.05, 3.63) is 29.8 Å². The van der Waals surface area contributed by atoms with Gasteiger partial charge in [-0.3, -0.25) is 4.79 Å². The fraction of sp³-hybridized carbons (Fsp3) is 0.429. The Bertz CT molecular complexity index is 474. The van der Waals surface area contributed by atoms with Crippen molar-refractivity contribution < 1.29 is 4.79 Å². The summed E-state index contributed by atoms with van der Waals surface area (Å²) in [6, 6.07) is 9.17. The number of anilines is 1. The smallest absolute Gasteiger partial charge is 0.232 e. The molecule has 0 aliphatic rings. The van der Waals surface area contributed by atoms with E-state index in [0.717, 1.165) is 0 Å². The second kappa shape index (κ2) is 5.65. The minimum absolute atomic E-state index is 0.0318. The molecule has 4 nitrogen and oxygen atoms in total. The highest BCUT2D eigenvalue weighted by Gasteiger charge is 2.30. The third kappa shape index (κ3) is 2.88. The Morgan fingerprint density at radius 1 is 1.44 bits per heavy atom. The largest absolute Gasteiger partial charge is 0.330 e. The summed E-state index contributed by atoms with van der Waals surface area (Å²) >= 11 is 0. The Kier molecular flexibility index (Phi) is 4.46. The predicted molar refractivity (Wildman–Crippen MR) is 72.0 cm³/mol. The van der Waals surface area contributed by atoms with Crippen LogP contribution in [0.4, 0.5) is 5.69 Å². The molecule has 4 heteroatoms. The molecule has 0 aliphatic carbocycles. The maximum atomic E-state index is 12.4. The summed E-state index contributed by atoms with van der Waals surface area (Å²) < 4.78 is 0. The van der Waals surface area contributed by atoms with Gasteiger partial charge in [-0.1, -0.05) is 26.0 Å². The highest BCUT2D eigenvalue weighted by atomic mass is 16.2. The van der Waals surface area contributed by atoms with Crippen molar-refractivity contribution in [2.45, 2.75) is 20.3 Å². The number of nitrogens with two attached hydrogens (primary N) is 1. The first-order valence-electron chi connectivity index (χ1n) is 5.91. The summed E-state index contributed by atoms with van der Waals surface area (Å²) in [7, 11) is 1.69. The highest BCUT2D eigenvalue weighted by Crippen LogP contribution is 2.27. The third-order valence-corrected chi connectivity index (χ3v) is 3.04. The number of carbonyl (C=O) groups is 1. The molecule has 0 aromatic heterocycles. The topological polar surface area (TPSA) is 70.1 Å². The van der Waals surface area contributed by atoms with Gasteiger partial charge in [0.1, 0.15) is 6.07 Å². The lowest BCUT2D eigenvalue weighted by molar-refractivity contribution is -0.126. The minimum atomic E-state index is -0.522. The molecule has 1 rings (SSSR count). The number of nitriles is 1. The summed E-state index contributed by atoms with van der Waals surface area (Å²) in [5.41, 5.74) is 6.13. The second-order valence-electron chi connectivity index (χ2n) is 4.92. The summed E-state index contributed by atoms with van der Waals surface area (Å²) in [6.45, 7) is 4.20. The molecule has 18 heavy (non-hydrogen) atoms. The van der Waals surface area contributed by atoms with E-state index in [9.17, 15) is 4.79 Å². The molecule has 0 spiro atoms. The van der Waals surface area contributed by atoms with Gasteiger partial charge in [-0.05, 0) is 25.1 Å². The van der Waals surface area contributed by atoms with Gasteiger partial charge in [0.05, 0.1) is 11.3 Å². The number of benzene rings is 1. The average Bonchev–Trinajstić information content (AvgIpc) is 2.36. The summed E-state index contributed by atoms with van der Waals surface area (Å²) in [6.07, 6.45) is 0.616. The lowest BCUT2D eigenvalue weighted by atomic mass is 9.87. The van der Waals surface area contributed by atoms with Crippen LogP contribution in [-0.2, 0) is 4.79 Å². The zero-order valence-corrected chi connectivity index (χ0v) is 11.1. The van der Waals surface area contributed by atoms with Crippen molar-refractivity contribution in [1.29, 1.82) is 5.26 Å². The number of para-hydroxylation sites is 1. The van der Waals surface area contributed by atoms with Gasteiger partial charge >= 0.3 is 0 Å². The molecule has 0 unspecified atom stereocenters. The summed E-state index contributed by atoms with van der Waals surface area (Å²) in [5.74, 6) is -0.0318. The molecule has 0 bridgehead atoms. The van der Waals surface area contributed by atoms with Crippen LogP contribution in [0.15, 0.2) is 24.3 Å². The molecule has 2 N–H and O–H groups in total. The van der Waals surface area contributed by atoms with E-state index in [2.05, 4.69) is 6.07 Å². The average molecular weight is 245 g/mol.